The molecule has 0 rings (SSSR count). The summed E-state index contributed by atoms with van der Waals surface area (Å²) in [5, 5.41) is 0. The predicted octanol–water partition coefficient (Wildman–Crippen LogP) is 18.8. The normalized spacial score (nSPS) is 12.7. The van der Waals surface area contributed by atoms with Crippen molar-refractivity contribution < 1.29 is 28.6 Å². The number of hydrogen-bond donors (Lipinski definition) is 0. The summed E-state index contributed by atoms with van der Waals surface area (Å²) in [6.45, 7) is 6.48. The fourth-order valence-electron chi connectivity index (χ4n) is 7.68. The molecule has 0 aliphatic carbocycles. The number of allylic oxidation sites excluding steroid dienone is 14. The van der Waals surface area contributed by atoms with E-state index < -0.39 is 6.10 Å². The second-order valence-corrected chi connectivity index (χ2v) is 18.5. The van der Waals surface area contributed by atoms with E-state index >= 15 is 0 Å². The molecule has 0 aromatic carbocycles. The van der Waals surface area contributed by atoms with Crippen LogP contribution in [-0.4, -0.2) is 37.2 Å². The molecule has 0 bridgehead atoms. The van der Waals surface area contributed by atoms with Gasteiger partial charge in [0.25, 0.3) is 0 Å². The topological polar surface area (TPSA) is 78.9 Å². The lowest BCUT2D eigenvalue weighted by Gasteiger charge is -2.18. The maximum Gasteiger partial charge on any atom is 0.306 e. The van der Waals surface area contributed by atoms with Gasteiger partial charge in [-0.25, -0.2) is 0 Å². The number of hydrogen-bond acceptors (Lipinski definition) is 6. The van der Waals surface area contributed by atoms with E-state index in [1.807, 2.05) is 0 Å². The average molecular weight is 933 g/mol. The molecule has 0 N–H and O–H groups in total. The zero-order valence-corrected chi connectivity index (χ0v) is 43.9. The molecule has 0 heterocycles. The summed E-state index contributed by atoms with van der Waals surface area (Å²) in [5.74, 6) is -0.925. The second-order valence-electron chi connectivity index (χ2n) is 18.5. The predicted molar refractivity (Wildman–Crippen MR) is 288 cm³/mol. The molecule has 384 valence electrons. The first kappa shape index (κ1) is 63.6. The van der Waals surface area contributed by atoms with Gasteiger partial charge in [0, 0.05) is 19.3 Å². The van der Waals surface area contributed by atoms with Crippen LogP contribution in [0.5, 0.6) is 0 Å². The van der Waals surface area contributed by atoms with Gasteiger partial charge in [-0.1, -0.05) is 234 Å². The Kier molecular flexibility index (Phi) is 52.4. The van der Waals surface area contributed by atoms with Crippen molar-refractivity contribution >= 4 is 17.9 Å². The highest BCUT2D eigenvalue weighted by Gasteiger charge is 2.19. The quantitative estimate of drug-likeness (QED) is 0.0262. The van der Waals surface area contributed by atoms with Crippen LogP contribution < -0.4 is 0 Å². The molecule has 6 heteroatoms. The summed E-state index contributed by atoms with van der Waals surface area (Å²) in [5.41, 5.74) is 0. The van der Waals surface area contributed by atoms with Crippen LogP contribution in [0, 0.1) is 0 Å². The minimum absolute atomic E-state index is 0.0888. The van der Waals surface area contributed by atoms with Gasteiger partial charge in [-0.3, -0.25) is 14.4 Å². The van der Waals surface area contributed by atoms with E-state index in [2.05, 4.69) is 106 Å². The van der Waals surface area contributed by atoms with Gasteiger partial charge in [-0.05, 0) is 96.3 Å². The molecule has 0 aliphatic heterocycles. The van der Waals surface area contributed by atoms with E-state index in [-0.39, 0.29) is 31.1 Å². The highest BCUT2D eigenvalue weighted by atomic mass is 16.6. The van der Waals surface area contributed by atoms with E-state index in [9.17, 15) is 14.4 Å². The average Bonchev–Trinajstić information content (AvgIpc) is 3.33. The van der Waals surface area contributed by atoms with Crippen LogP contribution in [-0.2, 0) is 28.6 Å². The summed E-state index contributed by atoms with van der Waals surface area (Å²) in [7, 11) is 0. The molecule has 0 unspecified atom stereocenters. The van der Waals surface area contributed by atoms with Crippen molar-refractivity contribution in [1.82, 2.24) is 0 Å². The van der Waals surface area contributed by atoms with E-state index in [4.69, 9.17) is 14.2 Å². The Morgan fingerprint density at radius 3 is 0.955 bits per heavy atom. The maximum absolute atomic E-state index is 12.8. The molecule has 0 aliphatic rings. The van der Waals surface area contributed by atoms with E-state index in [0.29, 0.717) is 19.3 Å². The summed E-state index contributed by atoms with van der Waals surface area (Å²) in [6, 6.07) is 0. The van der Waals surface area contributed by atoms with Crippen molar-refractivity contribution in [1.29, 1.82) is 0 Å². The van der Waals surface area contributed by atoms with E-state index in [1.165, 1.54) is 116 Å². The molecule has 0 saturated carbocycles. The Morgan fingerprint density at radius 2 is 0.582 bits per heavy atom. The smallest absolute Gasteiger partial charge is 0.306 e. The lowest BCUT2D eigenvalue weighted by molar-refractivity contribution is -0.167. The van der Waals surface area contributed by atoms with Crippen LogP contribution in [0.25, 0.3) is 0 Å². The summed E-state index contributed by atoms with van der Waals surface area (Å²) < 4.78 is 16.8. The van der Waals surface area contributed by atoms with Crippen LogP contribution in [0.3, 0.4) is 0 Å². The van der Waals surface area contributed by atoms with E-state index in [0.717, 1.165) is 109 Å². The summed E-state index contributed by atoms with van der Waals surface area (Å²) in [4.78, 5) is 38.1. The van der Waals surface area contributed by atoms with Gasteiger partial charge in [-0.15, -0.1) is 0 Å². The number of unbranched alkanes of at least 4 members (excludes halogenated alkanes) is 25. The largest absolute Gasteiger partial charge is 0.462 e. The highest BCUT2D eigenvalue weighted by molar-refractivity contribution is 5.71. The third kappa shape index (κ3) is 53.4. The van der Waals surface area contributed by atoms with E-state index in [1.54, 1.807) is 0 Å². The Balaban J connectivity index is 4.45. The number of rotatable bonds is 50. The number of esters is 3. The van der Waals surface area contributed by atoms with Crippen LogP contribution >= 0.6 is 0 Å². The Bertz CT molecular complexity index is 1300. The molecule has 0 aromatic rings. The van der Waals surface area contributed by atoms with Gasteiger partial charge >= 0.3 is 17.9 Å². The SMILES string of the molecule is CC/C=C\C/C=C\C/C=C\C/C=C\C/C=C\CCCCCC(=O)OC[C@H](COC(=O)CCCCCCCCCCCCCCC)OC(=O)CCCCCCCCC/C=C\C/C=C\CCCCC. The van der Waals surface area contributed by atoms with Crippen LogP contribution in [0.4, 0.5) is 0 Å². The molecule has 6 nitrogen and oxygen atoms in total. The molecule has 67 heavy (non-hydrogen) atoms. The van der Waals surface area contributed by atoms with Crippen LogP contribution in [0.1, 0.15) is 265 Å². The van der Waals surface area contributed by atoms with Gasteiger partial charge in [-0.2, -0.15) is 0 Å². The first-order chi connectivity index (χ1) is 33.0. The van der Waals surface area contributed by atoms with Gasteiger partial charge in [0.1, 0.15) is 13.2 Å². The fraction of sp³-hybridized carbons (Fsp3) is 0.721. The second kappa shape index (κ2) is 55.2. The molecule has 0 fully saturated rings. The first-order valence-electron chi connectivity index (χ1n) is 28.1. The number of carbonyl (C=O) groups is 3. The van der Waals surface area contributed by atoms with Gasteiger partial charge in [0.05, 0.1) is 0 Å². The Labute approximate surface area is 414 Å². The van der Waals surface area contributed by atoms with Crippen molar-refractivity contribution in [2.45, 2.75) is 271 Å². The van der Waals surface area contributed by atoms with Crippen LogP contribution in [0.15, 0.2) is 85.1 Å². The molecule has 1 atom stereocenters. The fourth-order valence-corrected chi connectivity index (χ4v) is 7.68. The highest BCUT2D eigenvalue weighted by Crippen LogP contribution is 2.15. The molecular formula is C61H104O6. The Morgan fingerprint density at radius 1 is 0.313 bits per heavy atom. The molecule has 0 radical (unpaired) electrons. The molecular weight excluding hydrogens is 829 g/mol. The van der Waals surface area contributed by atoms with Crippen LogP contribution in [0.2, 0.25) is 0 Å². The first-order valence-corrected chi connectivity index (χ1v) is 28.1. The maximum atomic E-state index is 12.8. The number of ether oxygens (including phenoxy) is 3. The summed E-state index contributed by atoms with van der Waals surface area (Å²) >= 11 is 0. The molecule has 0 aromatic heterocycles. The van der Waals surface area contributed by atoms with Gasteiger partial charge in [0.2, 0.25) is 0 Å². The lowest BCUT2D eigenvalue weighted by Crippen LogP contribution is -2.30. The molecule has 0 amide bonds. The third-order valence-electron chi connectivity index (χ3n) is 11.9. The van der Waals surface area contributed by atoms with Gasteiger partial charge < -0.3 is 14.2 Å². The van der Waals surface area contributed by atoms with Crippen molar-refractivity contribution in [2.75, 3.05) is 13.2 Å². The molecule has 0 spiro atoms. The monoisotopic (exact) mass is 933 g/mol. The van der Waals surface area contributed by atoms with Crippen molar-refractivity contribution in [3.05, 3.63) is 85.1 Å². The molecule has 0 saturated heterocycles. The summed E-state index contributed by atoms with van der Waals surface area (Å²) in [6.07, 6.45) is 71.3. The standard InChI is InChI=1S/C61H104O6/c1-4-7-10-13-16-19-22-25-27-29-30-32-33-36-39-42-45-48-51-54-60(63)66-57-58(56-65-59(62)53-50-47-44-41-38-35-24-21-18-15-12-9-6-3)67-61(64)55-52-49-46-43-40-37-34-31-28-26-23-20-17-14-11-8-5-2/h7,10,16-17,19-20,25-28,30,32,36,39,58H,4-6,8-9,11-15,18,21-24,29,31,33-35,37-38,40-57H2,1-3H3/b10-7-,19-16-,20-17-,27-25-,28-26-,32-30-,39-36-/t58-/m0/s1. The third-order valence-corrected chi connectivity index (χ3v) is 11.9. The van der Waals surface area contributed by atoms with Crippen molar-refractivity contribution in [2.24, 2.45) is 0 Å². The number of carbonyl (C=O) groups excluding carboxylic acids is 3. The zero-order chi connectivity index (χ0) is 48.6. The van der Waals surface area contributed by atoms with Crippen molar-refractivity contribution in [3.8, 4) is 0 Å². The lowest BCUT2D eigenvalue weighted by atomic mass is 10.0. The minimum atomic E-state index is -0.793. The minimum Gasteiger partial charge on any atom is -0.462 e. The Hall–Kier alpha value is -3.41. The van der Waals surface area contributed by atoms with Crippen molar-refractivity contribution in [3.63, 3.8) is 0 Å². The van der Waals surface area contributed by atoms with Gasteiger partial charge in [0.15, 0.2) is 6.10 Å². The zero-order valence-electron chi connectivity index (χ0n) is 43.9.